The van der Waals surface area contributed by atoms with Gasteiger partial charge in [-0.3, -0.25) is 14.3 Å². The molecule has 2 N–H and O–H groups in total. The minimum absolute atomic E-state index is 0.00912. The molecule has 0 radical (unpaired) electrons. The van der Waals surface area contributed by atoms with Crippen molar-refractivity contribution in [3.63, 3.8) is 0 Å². The Morgan fingerprint density at radius 3 is 2.74 bits per heavy atom. The highest BCUT2D eigenvalue weighted by atomic mass is 32.2. The first kappa shape index (κ1) is 26.6. The summed E-state index contributed by atoms with van der Waals surface area (Å²) < 4.78 is 43.8. The number of aromatic nitrogens is 6. The van der Waals surface area contributed by atoms with Crippen LogP contribution in [0.15, 0.2) is 39.8 Å². The van der Waals surface area contributed by atoms with E-state index in [-0.39, 0.29) is 47.4 Å². The molecule has 4 rings (SSSR count). The van der Waals surface area contributed by atoms with Crippen molar-refractivity contribution in [3.8, 4) is 16.8 Å². The molecule has 0 aromatic carbocycles. The third-order valence-electron chi connectivity index (χ3n) is 4.49. The van der Waals surface area contributed by atoms with Crippen molar-refractivity contribution in [3.05, 3.63) is 52.5 Å². The van der Waals surface area contributed by atoms with E-state index in [4.69, 9.17) is 13.9 Å². The van der Waals surface area contributed by atoms with Crippen LogP contribution in [0.5, 0.6) is 11.6 Å². The summed E-state index contributed by atoms with van der Waals surface area (Å²) in [5.74, 6) is -1.26. The van der Waals surface area contributed by atoms with E-state index in [9.17, 15) is 18.0 Å². The number of aryl methyl sites for hydroxylation is 1. The summed E-state index contributed by atoms with van der Waals surface area (Å²) in [5, 5.41) is 17.9. The minimum Gasteiger partial charge on any atom is -0.488 e. The molecular weight excluding hydrogens is 544 g/mol. The number of anilines is 3. The van der Waals surface area contributed by atoms with Crippen LogP contribution >= 0.6 is 11.3 Å². The number of methoxy groups -OCH3 is 1. The van der Waals surface area contributed by atoms with Gasteiger partial charge in [-0.05, 0) is 13.0 Å². The lowest BCUT2D eigenvalue weighted by molar-refractivity contribution is 0.0991. The molecule has 4 aromatic rings. The first-order valence-electron chi connectivity index (χ1n) is 10.6. The predicted octanol–water partition coefficient (Wildman–Crippen LogP) is 1.13. The molecule has 0 atom stereocenters. The maximum absolute atomic E-state index is 12.8. The second-order valence-electron chi connectivity index (χ2n) is 7.29. The Bertz CT molecular complexity index is 1610. The Labute approximate surface area is 218 Å². The van der Waals surface area contributed by atoms with Crippen LogP contribution in [-0.2, 0) is 14.3 Å². The van der Waals surface area contributed by atoms with Gasteiger partial charge in [0.25, 0.3) is 16.0 Å². The zero-order valence-corrected chi connectivity index (χ0v) is 21.7. The Morgan fingerprint density at radius 2 is 2.03 bits per heavy atom. The van der Waals surface area contributed by atoms with Crippen molar-refractivity contribution in [2.24, 2.45) is 0 Å². The van der Waals surface area contributed by atoms with Gasteiger partial charge in [0.2, 0.25) is 27.8 Å². The standard InChI is InChI=1S/C20H20N8O8S2/c1-11-4-7-22-28(11)20-27-26-19(37-20)25-16(29)13-10-12(15(33-2)17(30)36-13)23-18-21-6-5-14(24-18)34-8-9-35-38(3,31)32/h4-7,10H,8-9H2,1-3H3,(H,21,23,24)(H,25,26,29). The summed E-state index contributed by atoms with van der Waals surface area (Å²) in [6.07, 6.45) is 3.89. The molecule has 38 heavy (non-hydrogen) atoms. The van der Waals surface area contributed by atoms with E-state index in [2.05, 4.69) is 40.1 Å². The Hall–Kier alpha value is -4.42. The number of nitrogens with zero attached hydrogens (tertiary/aromatic N) is 6. The second kappa shape index (κ2) is 11.3. The Kier molecular flexibility index (Phi) is 7.93. The third-order valence-corrected chi connectivity index (χ3v) is 5.90. The highest BCUT2D eigenvalue weighted by molar-refractivity contribution is 7.85. The molecule has 0 aliphatic carbocycles. The molecule has 0 bridgehead atoms. The van der Waals surface area contributed by atoms with E-state index < -0.39 is 21.7 Å². The van der Waals surface area contributed by atoms with E-state index in [1.807, 2.05) is 6.92 Å². The Balaban J connectivity index is 1.49. The molecule has 0 saturated heterocycles. The number of carbonyl (C=O) groups is 1. The van der Waals surface area contributed by atoms with E-state index in [1.54, 1.807) is 16.9 Å². The fraction of sp³-hybridized carbons (Fsp3) is 0.250. The molecule has 16 nitrogen and oxygen atoms in total. The van der Waals surface area contributed by atoms with Crippen LogP contribution in [0.2, 0.25) is 0 Å². The molecular formula is C20H20N8O8S2. The smallest absolute Gasteiger partial charge is 0.381 e. The largest absolute Gasteiger partial charge is 0.488 e. The average molecular weight is 565 g/mol. The van der Waals surface area contributed by atoms with Crippen LogP contribution in [-0.4, -0.2) is 70.9 Å². The summed E-state index contributed by atoms with van der Waals surface area (Å²) >= 11 is 1.07. The number of hydrogen-bond donors (Lipinski definition) is 2. The molecule has 4 aromatic heterocycles. The van der Waals surface area contributed by atoms with Gasteiger partial charge < -0.3 is 19.2 Å². The van der Waals surface area contributed by atoms with Gasteiger partial charge in [-0.15, -0.1) is 10.2 Å². The summed E-state index contributed by atoms with van der Waals surface area (Å²) in [6, 6.07) is 4.45. The van der Waals surface area contributed by atoms with Crippen molar-refractivity contribution in [2.45, 2.75) is 6.92 Å². The summed E-state index contributed by atoms with van der Waals surface area (Å²) in [7, 11) is -2.35. The van der Waals surface area contributed by atoms with Crippen molar-refractivity contribution in [1.29, 1.82) is 0 Å². The zero-order chi connectivity index (χ0) is 27.3. The van der Waals surface area contributed by atoms with Gasteiger partial charge in [0.05, 0.1) is 19.1 Å². The molecule has 0 aliphatic heterocycles. The molecule has 0 spiro atoms. The van der Waals surface area contributed by atoms with Gasteiger partial charge in [-0.1, -0.05) is 11.3 Å². The van der Waals surface area contributed by atoms with Crippen LogP contribution in [0.25, 0.3) is 5.13 Å². The summed E-state index contributed by atoms with van der Waals surface area (Å²) in [6.45, 7) is 1.53. The molecule has 0 aliphatic rings. The zero-order valence-electron chi connectivity index (χ0n) is 20.1. The quantitative estimate of drug-likeness (QED) is 0.194. The number of rotatable bonds is 11. The molecule has 18 heteroatoms. The molecule has 0 fully saturated rings. The lowest BCUT2D eigenvalue weighted by Gasteiger charge is -2.11. The van der Waals surface area contributed by atoms with Gasteiger partial charge in [0.15, 0.2) is 5.76 Å². The van der Waals surface area contributed by atoms with Crippen LogP contribution in [0.3, 0.4) is 0 Å². The molecule has 4 heterocycles. The monoisotopic (exact) mass is 564 g/mol. The molecule has 0 saturated carbocycles. The van der Waals surface area contributed by atoms with Gasteiger partial charge in [-0.25, -0.2) is 14.5 Å². The van der Waals surface area contributed by atoms with Crippen molar-refractivity contribution < 1.29 is 31.3 Å². The van der Waals surface area contributed by atoms with E-state index in [0.29, 0.717) is 5.13 Å². The van der Waals surface area contributed by atoms with Crippen LogP contribution in [0.1, 0.15) is 16.2 Å². The van der Waals surface area contributed by atoms with E-state index in [1.165, 1.54) is 25.4 Å². The fourth-order valence-corrected chi connectivity index (χ4v) is 4.02. The van der Waals surface area contributed by atoms with Gasteiger partial charge >= 0.3 is 5.63 Å². The maximum Gasteiger partial charge on any atom is 0.381 e. The first-order valence-corrected chi connectivity index (χ1v) is 13.2. The highest BCUT2D eigenvalue weighted by Crippen LogP contribution is 2.26. The van der Waals surface area contributed by atoms with Crippen LogP contribution in [0.4, 0.5) is 16.8 Å². The van der Waals surface area contributed by atoms with E-state index in [0.717, 1.165) is 23.3 Å². The third kappa shape index (κ3) is 6.66. The first-order chi connectivity index (χ1) is 18.1. The van der Waals surface area contributed by atoms with Crippen molar-refractivity contribution in [2.75, 3.05) is 37.2 Å². The molecule has 200 valence electrons. The van der Waals surface area contributed by atoms with Crippen LogP contribution < -0.4 is 25.7 Å². The number of nitrogens with one attached hydrogen (secondary N) is 2. The van der Waals surface area contributed by atoms with Gasteiger partial charge in [-0.2, -0.15) is 18.5 Å². The normalized spacial score (nSPS) is 11.2. The summed E-state index contributed by atoms with van der Waals surface area (Å²) in [5.41, 5.74) is -0.0653. The second-order valence-corrected chi connectivity index (χ2v) is 9.89. The van der Waals surface area contributed by atoms with Gasteiger partial charge in [0.1, 0.15) is 13.2 Å². The topological polar surface area (TPSA) is 203 Å². The average Bonchev–Trinajstić information content (AvgIpc) is 3.50. The lowest BCUT2D eigenvalue weighted by Crippen LogP contribution is -2.17. The summed E-state index contributed by atoms with van der Waals surface area (Å²) in [4.78, 5) is 33.4. The maximum atomic E-state index is 12.8. The SMILES string of the molecule is COc1c(Nc2nccc(OCCOS(C)(=O)=O)n2)cc(C(=O)Nc2nnc(-n3nccc3C)s2)oc1=O. The van der Waals surface area contributed by atoms with Crippen LogP contribution in [0, 0.1) is 6.92 Å². The number of ether oxygens (including phenoxy) is 2. The molecule has 0 unspecified atom stereocenters. The molecule has 1 amide bonds. The van der Waals surface area contributed by atoms with E-state index >= 15 is 0 Å². The Morgan fingerprint density at radius 1 is 1.21 bits per heavy atom. The highest BCUT2D eigenvalue weighted by Gasteiger charge is 2.20. The number of amides is 1. The fourth-order valence-electron chi connectivity index (χ4n) is 2.90. The van der Waals surface area contributed by atoms with Crippen molar-refractivity contribution >= 4 is 44.1 Å². The van der Waals surface area contributed by atoms with Gasteiger partial charge in [0, 0.05) is 30.2 Å². The predicted molar refractivity (Wildman–Crippen MR) is 133 cm³/mol. The number of hydrogen-bond acceptors (Lipinski definition) is 15. The van der Waals surface area contributed by atoms with Crippen molar-refractivity contribution in [1.82, 2.24) is 29.9 Å². The minimum atomic E-state index is -3.60. The lowest BCUT2D eigenvalue weighted by atomic mass is 10.3. The number of carbonyl (C=O) groups excluding carboxylic acids is 1.